The van der Waals surface area contributed by atoms with Gasteiger partial charge in [0.15, 0.2) is 0 Å². The van der Waals surface area contributed by atoms with E-state index in [1.807, 2.05) is 18.2 Å². The maximum absolute atomic E-state index is 6.03. The van der Waals surface area contributed by atoms with E-state index in [0.717, 1.165) is 22.8 Å². The van der Waals surface area contributed by atoms with Gasteiger partial charge in [-0.2, -0.15) is 0 Å². The summed E-state index contributed by atoms with van der Waals surface area (Å²) in [6, 6.07) is 7.01. The fourth-order valence-electron chi connectivity index (χ4n) is 2.69. The number of halogens is 1. The molecule has 3 heteroatoms. The number of hydrogen-bond donors (Lipinski definition) is 1. The van der Waals surface area contributed by atoms with E-state index in [-0.39, 0.29) is 0 Å². The molecule has 0 amide bonds. The molecule has 0 spiro atoms. The number of nitrogens with zero attached hydrogens (tertiary/aromatic N) is 1. The first kappa shape index (κ1) is 12.7. The summed E-state index contributed by atoms with van der Waals surface area (Å²) in [4.78, 5) is 2.53. The van der Waals surface area contributed by atoms with Crippen LogP contribution in [0.2, 0.25) is 5.02 Å². The average Bonchev–Trinajstić information content (AvgIpc) is 2.28. The maximum atomic E-state index is 6.03. The van der Waals surface area contributed by atoms with Gasteiger partial charge in [0.25, 0.3) is 0 Å². The molecule has 1 aromatic carbocycles. The Balaban J connectivity index is 2.16. The molecule has 1 heterocycles. The van der Waals surface area contributed by atoms with Crippen LogP contribution in [0.25, 0.3) is 0 Å². The van der Waals surface area contributed by atoms with Crippen molar-refractivity contribution in [3.8, 4) is 0 Å². The Bertz CT molecular complexity index is 382. The Morgan fingerprint density at radius 1 is 1.29 bits per heavy atom. The van der Waals surface area contributed by atoms with Gasteiger partial charge in [-0.25, -0.2) is 0 Å². The molecule has 2 atom stereocenters. The molecule has 0 aliphatic carbocycles. The molecule has 1 aromatic rings. The predicted molar refractivity (Wildman–Crippen MR) is 74.2 cm³/mol. The van der Waals surface area contributed by atoms with Crippen LogP contribution in [0, 0.1) is 0 Å². The summed E-state index contributed by atoms with van der Waals surface area (Å²) >= 11 is 6.03. The average molecular weight is 253 g/mol. The molecule has 0 radical (unpaired) electrons. The topological polar surface area (TPSA) is 29.3 Å². The van der Waals surface area contributed by atoms with E-state index in [2.05, 4.69) is 18.7 Å². The third-order valence-electron chi connectivity index (χ3n) is 3.83. The van der Waals surface area contributed by atoms with Gasteiger partial charge in [0.05, 0.1) is 0 Å². The van der Waals surface area contributed by atoms with Crippen LogP contribution in [0.3, 0.4) is 0 Å². The van der Waals surface area contributed by atoms with Gasteiger partial charge in [0, 0.05) is 29.3 Å². The minimum Gasteiger partial charge on any atom is -0.398 e. The lowest BCUT2D eigenvalue weighted by molar-refractivity contribution is 0.0955. The molecule has 0 aromatic heterocycles. The van der Waals surface area contributed by atoms with Gasteiger partial charge in [-0.05, 0) is 50.5 Å². The first-order valence-corrected chi connectivity index (χ1v) is 6.75. The van der Waals surface area contributed by atoms with Gasteiger partial charge >= 0.3 is 0 Å². The van der Waals surface area contributed by atoms with Crippen LogP contribution >= 0.6 is 11.6 Å². The number of nitrogens with two attached hydrogens (primary N) is 1. The Morgan fingerprint density at radius 3 is 2.59 bits per heavy atom. The molecule has 2 N–H and O–H groups in total. The van der Waals surface area contributed by atoms with Crippen molar-refractivity contribution in [2.24, 2.45) is 0 Å². The molecule has 1 aliphatic heterocycles. The normalized spacial score (nSPS) is 26.1. The summed E-state index contributed by atoms with van der Waals surface area (Å²) < 4.78 is 0. The highest BCUT2D eigenvalue weighted by molar-refractivity contribution is 6.30. The van der Waals surface area contributed by atoms with Gasteiger partial charge in [-0.1, -0.05) is 18.0 Å². The van der Waals surface area contributed by atoms with Crippen LogP contribution in [0.1, 0.15) is 38.7 Å². The van der Waals surface area contributed by atoms with Crippen molar-refractivity contribution in [1.82, 2.24) is 4.90 Å². The van der Waals surface area contributed by atoms with Gasteiger partial charge in [0.2, 0.25) is 0 Å². The summed E-state index contributed by atoms with van der Waals surface area (Å²) in [5, 5.41) is 0.770. The number of anilines is 1. The summed E-state index contributed by atoms with van der Waals surface area (Å²) in [6.07, 6.45) is 3.90. The van der Waals surface area contributed by atoms with Gasteiger partial charge in [0.1, 0.15) is 0 Å². The summed E-state index contributed by atoms with van der Waals surface area (Å²) in [6.45, 7) is 5.52. The Hall–Kier alpha value is -0.730. The van der Waals surface area contributed by atoms with Crippen LogP contribution in [-0.2, 0) is 6.54 Å². The summed E-state index contributed by atoms with van der Waals surface area (Å²) in [7, 11) is 0. The van der Waals surface area contributed by atoms with Crippen molar-refractivity contribution < 1.29 is 0 Å². The lowest BCUT2D eigenvalue weighted by atomic mass is 9.96. The molecule has 1 saturated heterocycles. The lowest BCUT2D eigenvalue weighted by Gasteiger charge is -2.39. The highest BCUT2D eigenvalue weighted by Gasteiger charge is 2.24. The molecular weight excluding hydrogens is 232 g/mol. The van der Waals surface area contributed by atoms with Crippen LogP contribution < -0.4 is 5.73 Å². The van der Waals surface area contributed by atoms with Crippen molar-refractivity contribution >= 4 is 17.3 Å². The number of nitrogen functional groups attached to an aromatic ring is 1. The second kappa shape index (κ2) is 5.28. The van der Waals surface area contributed by atoms with Crippen LogP contribution in [0.5, 0.6) is 0 Å². The van der Waals surface area contributed by atoms with E-state index >= 15 is 0 Å². The lowest BCUT2D eigenvalue weighted by Crippen LogP contribution is -2.43. The van der Waals surface area contributed by atoms with Crippen molar-refractivity contribution in [2.75, 3.05) is 5.73 Å². The maximum Gasteiger partial charge on any atom is 0.0410 e. The van der Waals surface area contributed by atoms with Crippen molar-refractivity contribution in [1.29, 1.82) is 0 Å². The van der Waals surface area contributed by atoms with Gasteiger partial charge < -0.3 is 5.73 Å². The quantitative estimate of drug-likeness (QED) is 0.814. The largest absolute Gasteiger partial charge is 0.398 e. The number of likely N-dealkylation sites (tertiary alicyclic amines) is 1. The number of piperidine rings is 1. The van der Waals surface area contributed by atoms with E-state index < -0.39 is 0 Å². The molecule has 2 unspecified atom stereocenters. The summed E-state index contributed by atoms with van der Waals surface area (Å²) in [5.41, 5.74) is 8.01. The van der Waals surface area contributed by atoms with Crippen molar-refractivity contribution in [3.63, 3.8) is 0 Å². The highest BCUT2D eigenvalue weighted by Crippen LogP contribution is 2.27. The van der Waals surface area contributed by atoms with E-state index in [1.165, 1.54) is 19.3 Å². The van der Waals surface area contributed by atoms with Crippen molar-refractivity contribution in [2.45, 2.75) is 51.7 Å². The van der Waals surface area contributed by atoms with Crippen LogP contribution in [0.4, 0.5) is 5.69 Å². The Morgan fingerprint density at radius 2 is 1.94 bits per heavy atom. The first-order chi connectivity index (χ1) is 8.08. The minimum atomic E-state index is 0.636. The summed E-state index contributed by atoms with van der Waals surface area (Å²) in [5.74, 6) is 0. The van der Waals surface area contributed by atoms with Gasteiger partial charge in [-0.15, -0.1) is 0 Å². The van der Waals surface area contributed by atoms with Crippen molar-refractivity contribution in [3.05, 3.63) is 28.8 Å². The van der Waals surface area contributed by atoms with Crippen LogP contribution in [0.15, 0.2) is 18.2 Å². The van der Waals surface area contributed by atoms with Gasteiger partial charge in [-0.3, -0.25) is 4.90 Å². The molecule has 94 valence electrons. The standard InChI is InChI=1S/C14H21ClN2/c1-10-4-3-5-11(2)17(10)9-12-8-13(15)6-7-14(12)16/h6-8,10-11H,3-5,9,16H2,1-2H3. The zero-order chi connectivity index (χ0) is 12.4. The fraction of sp³-hybridized carbons (Fsp3) is 0.571. The molecule has 0 bridgehead atoms. The molecule has 2 nitrogen and oxygen atoms in total. The Labute approximate surface area is 109 Å². The molecule has 1 aliphatic rings. The van der Waals surface area contributed by atoms with E-state index in [9.17, 15) is 0 Å². The molecular formula is C14H21ClN2. The zero-order valence-corrected chi connectivity index (χ0v) is 11.4. The Kier molecular flexibility index (Phi) is 3.95. The number of benzene rings is 1. The minimum absolute atomic E-state index is 0.636. The number of rotatable bonds is 2. The SMILES string of the molecule is CC1CCCC(C)N1Cc1cc(Cl)ccc1N. The fourth-order valence-corrected chi connectivity index (χ4v) is 2.89. The monoisotopic (exact) mass is 252 g/mol. The zero-order valence-electron chi connectivity index (χ0n) is 10.6. The third-order valence-corrected chi connectivity index (χ3v) is 4.07. The molecule has 2 rings (SSSR count). The first-order valence-electron chi connectivity index (χ1n) is 6.37. The van der Waals surface area contributed by atoms with Crippen LogP contribution in [-0.4, -0.2) is 17.0 Å². The van der Waals surface area contributed by atoms with E-state index in [1.54, 1.807) is 0 Å². The second-order valence-electron chi connectivity index (χ2n) is 5.14. The van der Waals surface area contributed by atoms with E-state index in [0.29, 0.717) is 12.1 Å². The predicted octanol–water partition coefficient (Wildman–Crippen LogP) is 3.69. The van der Waals surface area contributed by atoms with E-state index in [4.69, 9.17) is 17.3 Å². The third kappa shape index (κ3) is 2.93. The molecule has 1 fully saturated rings. The second-order valence-corrected chi connectivity index (χ2v) is 5.58. The molecule has 0 saturated carbocycles. The smallest absolute Gasteiger partial charge is 0.0410 e. The molecule has 17 heavy (non-hydrogen) atoms. The number of hydrogen-bond acceptors (Lipinski definition) is 2. The highest BCUT2D eigenvalue weighted by atomic mass is 35.5.